The van der Waals surface area contributed by atoms with E-state index in [0.29, 0.717) is 5.75 Å². The van der Waals surface area contributed by atoms with Gasteiger partial charge in [-0.2, -0.15) is 0 Å². The maximum absolute atomic E-state index is 11.9. The molecule has 0 saturated heterocycles. The van der Waals surface area contributed by atoms with Crippen LogP contribution >= 0.6 is 15.9 Å². The molecular formula is C20H27BrNO3S-. The van der Waals surface area contributed by atoms with Crippen molar-refractivity contribution in [1.29, 1.82) is 0 Å². The lowest BCUT2D eigenvalue weighted by molar-refractivity contribution is 0.245. The van der Waals surface area contributed by atoms with E-state index < -0.39 is 11.1 Å². The summed E-state index contributed by atoms with van der Waals surface area (Å²) in [6.07, 6.45) is 12.8. The van der Waals surface area contributed by atoms with Gasteiger partial charge in [-0.15, -0.1) is 0 Å². The van der Waals surface area contributed by atoms with Crippen LogP contribution in [-0.4, -0.2) is 28.0 Å². The number of anilines is 1. The molecule has 0 bridgehead atoms. The number of unbranched alkanes of at least 4 members (excludes halogenated alkanes) is 2. The third-order valence-electron chi connectivity index (χ3n) is 4.29. The summed E-state index contributed by atoms with van der Waals surface area (Å²) >= 11 is 1.10. The highest BCUT2D eigenvalue weighted by Crippen LogP contribution is 2.39. The van der Waals surface area contributed by atoms with E-state index in [1.807, 2.05) is 30.4 Å². The molecule has 0 fully saturated rings. The number of nitrogens with zero attached hydrogens (tertiary/aromatic N) is 1. The standard InChI is InChI=1S/C20H28BrNO3S/c1-3-5-12-22(13-6-4-2)18-14-16(21)15-19(26(23)24)20(18)25-17-10-8-7-9-11-17/h7-10,14-15,17H,3-6,11-13H2,1-2H3,(H,23,24)/p-1. The highest BCUT2D eigenvalue weighted by molar-refractivity contribution is 9.10. The molecule has 0 radical (unpaired) electrons. The average Bonchev–Trinajstić information content (AvgIpc) is 2.64. The molecule has 0 aliphatic heterocycles. The Kier molecular flexibility index (Phi) is 8.88. The van der Waals surface area contributed by atoms with Crippen molar-refractivity contribution in [1.82, 2.24) is 0 Å². The van der Waals surface area contributed by atoms with Gasteiger partial charge in [-0.25, -0.2) is 0 Å². The largest absolute Gasteiger partial charge is 0.768 e. The third-order valence-corrected chi connectivity index (χ3v) is 5.41. The van der Waals surface area contributed by atoms with Crippen LogP contribution in [0.5, 0.6) is 5.75 Å². The molecule has 0 N–H and O–H groups in total. The number of hydrogen-bond acceptors (Lipinski definition) is 4. The highest BCUT2D eigenvalue weighted by Gasteiger charge is 2.20. The summed E-state index contributed by atoms with van der Waals surface area (Å²) in [4.78, 5) is 2.46. The molecule has 2 unspecified atom stereocenters. The lowest BCUT2D eigenvalue weighted by Crippen LogP contribution is -2.27. The molecule has 0 spiro atoms. The van der Waals surface area contributed by atoms with Gasteiger partial charge >= 0.3 is 0 Å². The van der Waals surface area contributed by atoms with E-state index in [-0.39, 0.29) is 11.0 Å². The highest BCUT2D eigenvalue weighted by atomic mass is 79.9. The second kappa shape index (κ2) is 10.9. The fourth-order valence-electron chi connectivity index (χ4n) is 2.88. The van der Waals surface area contributed by atoms with E-state index >= 15 is 0 Å². The molecule has 144 valence electrons. The molecule has 2 rings (SSSR count). The molecule has 1 aromatic carbocycles. The Bertz CT molecular complexity index is 667. The predicted octanol–water partition coefficient (Wildman–Crippen LogP) is 5.36. The van der Waals surface area contributed by atoms with Crippen LogP contribution in [0.4, 0.5) is 5.69 Å². The molecule has 6 heteroatoms. The van der Waals surface area contributed by atoms with Crippen LogP contribution < -0.4 is 9.64 Å². The van der Waals surface area contributed by atoms with Gasteiger partial charge in [0.1, 0.15) is 6.10 Å². The Morgan fingerprint density at radius 1 is 1.23 bits per heavy atom. The molecule has 26 heavy (non-hydrogen) atoms. The van der Waals surface area contributed by atoms with E-state index in [4.69, 9.17) is 4.74 Å². The second-order valence-corrected chi connectivity index (χ2v) is 8.21. The first-order chi connectivity index (χ1) is 12.6. The van der Waals surface area contributed by atoms with Gasteiger partial charge in [0.05, 0.1) is 10.6 Å². The Balaban J connectivity index is 2.44. The average molecular weight is 441 g/mol. The first-order valence-corrected chi connectivity index (χ1v) is 11.1. The summed E-state index contributed by atoms with van der Waals surface area (Å²) in [5.41, 5.74) is 0.850. The lowest BCUT2D eigenvalue weighted by atomic mass is 10.1. The summed E-state index contributed by atoms with van der Waals surface area (Å²) in [5.74, 6) is 0.457. The van der Waals surface area contributed by atoms with Crippen molar-refractivity contribution < 1.29 is 13.5 Å². The van der Waals surface area contributed by atoms with Crippen LogP contribution in [0.1, 0.15) is 46.0 Å². The molecular weight excluding hydrogens is 414 g/mol. The van der Waals surface area contributed by atoms with Gasteiger partial charge in [0, 0.05) is 24.0 Å². The number of rotatable bonds is 10. The van der Waals surface area contributed by atoms with Crippen molar-refractivity contribution in [3.8, 4) is 5.75 Å². The predicted molar refractivity (Wildman–Crippen MR) is 111 cm³/mol. The van der Waals surface area contributed by atoms with Crippen molar-refractivity contribution in [3.63, 3.8) is 0 Å². The Morgan fingerprint density at radius 3 is 2.46 bits per heavy atom. The first kappa shape index (κ1) is 21.2. The monoisotopic (exact) mass is 440 g/mol. The molecule has 0 aromatic heterocycles. The SMILES string of the molecule is CCCCN(CCCC)c1cc(Br)cc(S(=O)[O-])c1OC1C=CC=CC1. The lowest BCUT2D eigenvalue weighted by Gasteiger charge is -2.30. The van der Waals surface area contributed by atoms with Crippen LogP contribution in [-0.2, 0) is 11.1 Å². The van der Waals surface area contributed by atoms with Crippen LogP contribution in [0.3, 0.4) is 0 Å². The minimum atomic E-state index is -2.37. The van der Waals surface area contributed by atoms with Crippen LogP contribution in [0.2, 0.25) is 0 Å². The van der Waals surface area contributed by atoms with Crippen LogP contribution in [0.15, 0.2) is 45.8 Å². The van der Waals surface area contributed by atoms with Crippen molar-refractivity contribution >= 4 is 32.7 Å². The third kappa shape index (κ3) is 5.96. The minimum absolute atomic E-state index is 0.151. The van der Waals surface area contributed by atoms with Crippen LogP contribution in [0.25, 0.3) is 0 Å². The number of benzene rings is 1. The van der Waals surface area contributed by atoms with Crippen molar-refractivity contribution in [3.05, 3.63) is 40.9 Å². The molecule has 1 aliphatic carbocycles. The second-order valence-electron chi connectivity index (χ2n) is 6.39. The zero-order chi connectivity index (χ0) is 18.9. The van der Waals surface area contributed by atoms with E-state index in [1.165, 1.54) is 0 Å². The Morgan fingerprint density at radius 2 is 1.92 bits per heavy atom. The maximum atomic E-state index is 11.9. The van der Waals surface area contributed by atoms with Crippen molar-refractivity contribution in [2.75, 3.05) is 18.0 Å². The van der Waals surface area contributed by atoms with Crippen LogP contribution in [0, 0.1) is 0 Å². The molecule has 1 aromatic rings. The van der Waals surface area contributed by atoms with E-state index in [0.717, 1.165) is 55.4 Å². The summed E-state index contributed by atoms with van der Waals surface area (Å²) in [6, 6.07) is 3.58. The van der Waals surface area contributed by atoms with Gasteiger partial charge in [-0.05, 0) is 42.1 Å². The summed E-state index contributed by atoms with van der Waals surface area (Å²) in [5, 5.41) is 0. The molecule has 4 nitrogen and oxygen atoms in total. The zero-order valence-electron chi connectivity index (χ0n) is 15.4. The fourth-order valence-corrected chi connectivity index (χ4v) is 4.00. The number of ether oxygens (including phenoxy) is 1. The molecule has 0 amide bonds. The number of allylic oxidation sites excluding steroid dienone is 2. The quantitative estimate of drug-likeness (QED) is 0.459. The summed E-state index contributed by atoms with van der Waals surface area (Å²) < 4.78 is 30.7. The normalized spacial score (nSPS) is 17.3. The fraction of sp³-hybridized carbons (Fsp3) is 0.500. The topological polar surface area (TPSA) is 52.6 Å². The van der Waals surface area contributed by atoms with Gasteiger partial charge in [0.25, 0.3) is 0 Å². The van der Waals surface area contributed by atoms with Gasteiger partial charge in [-0.3, -0.25) is 4.21 Å². The van der Waals surface area contributed by atoms with E-state index in [1.54, 1.807) is 6.07 Å². The van der Waals surface area contributed by atoms with E-state index in [9.17, 15) is 8.76 Å². The first-order valence-electron chi connectivity index (χ1n) is 9.24. The Hall–Kier alpha value is -1.11. The zero-order valence-corrected chi connectivity index (χ0v) is 17.9. The van der Waals surface area contributed by atoms with Gasteiger partial charge < -0.3 is 14.2 Å². The van der Waals surface area contributed by atoms with Crippen molar-refractivity contribution in [2.45, 2.75) is 57.0 Å². The molecule has 2 atom stereocenters. The van der Waals surface area contributed by atoms with Crippen molar-refractivity contribution in [2.24, 2.45) is 0 Å². The Labute approximate surface area is 167 Å². The van der Waals surface area contributed by atoms with Gasteiger partial charge in [0.15, 0.2) is 5.75 Å². The molecule has 0 saturated carbocycles. The minimum Gasteiger partial charge on any atom is -0.768 e. The summed E-state index contributed by atoms with van der Waals surface area (Å²) in [6.45, 7) is 6.09. The van der Waals surface area contributed by atoms with Gasteiger partial charge in [0.2, 0.25) is 0 Å². The molecule has 1 aliphatic rings. The number of hydrogen-bond donors (Lipinski definition) is 0. The molecule has 0 heterocycles. The van der Waals surface area contributed by atoms with E-state index in [2.05, 4.69) is 34.7 Å². The maximum Gasteiger partial charge on any atom is 0.158 e. The number of halogens is 1. The summed E-state index contributed by atoms with van der Waals surface area (Å²) in [7, 11) is 0. The smallest absolute Gasteiger partial charge is 0.158 e. The van der Waals surface area contributed by atoms with Gasteiger partial charge in [-0.1, -0.05) is 60.8 Å².